The van der Waals surface area contributed by atoms with Crippen molar-refractivity contribution in [1.82, 2.24) is 24.2 Å². The zero-order valence-electron chi connectivity index (χ0n) is 12.9. The Kier molecular flexibility index (Phi) is 4.07. The average molecular weight is 289 g/mol. The van der Waals surface area contributed by atoms with E-state index in [0.717, 1.165) is 31.8 Å². The van der Waals surface area contributed by atoms with E-state index in [-0.39, 0.29) is 6.10 Å². The summed E-state index contributed by atoms with van der Waals surface area (Å²) in [5.41, 5.74) is 1.26. The molecule has 6 nitrogen and oxygen atoms in total. The van der Waals surface area contributed by atoms with Crippen LogP contribution in [0.15, 0.2) is 24.8 Å². The number of ether oxygens (including phenoxy) is 1. The van der Waals surface area contributed by atoms with E-state index in [0.29, 0.717) is 6.04 Å². The van der Waals surface area contributed by atoms with Gasteiger partial charge < -0.3 is 9.30 Å². The molecule has 0 spiro atoms. The summed E-state index contributed by atoms with van der Waals surface area (Å²) in [6, 6.07) is 0.385. The zero-order valence-corrected chi connectivity index (χ0v) is 12.9. The van der Waals surface area contributed by atoms with Crippen LogP contribution < -0.4 is 0 Å². The highest BCUT2D eigenvalue weighted by atomic mass is 16.5. The molecular weight excluding hydrogens is 266 g/mol. The first-order chi connectivity index (χ1) is 10.2. The number of hydrogen-bond donors (Lipinski definition) is 0. The van der Waals surface area contributed by atoms with Gasteiger partial charge in [0.05, 0.1) is 18.8 Å². The van der Waals surface area contributed by atoms with E-state index in [1.165, 1.54) is 5.56 Å². The van der Waals surface area contributed by atoms with E-state index >= 15 is 0 Å². The van der Waals surface area contributed by atoms with Crippen LogP contribution in [-0.4, -0.2) is 50.0 Å². The molecule has 3 rings (SSSR count). The monoisotopic (exact) mass is 289 g/mol. The van der Waals surface area contributed by atoms with Crippen LogP contribution in [0.1, 0.15) is 17.8 Å². The van der Waals surface area contributed by atoms with E-state index in [1.54, 1.807) is 0 Å². The first-order valence-corrected chi connectivity index (χ1v) is 7.38. The lowest BCUT2D eigenvalue weighted by Crippen LogP contribution is -2.37. The summed E-state index contributed by atoms with van der Waals surface area (Å²) in [5, 5.41) is 4.27. The Hall–Kier alpha value is -1.66. The average Bonchev–Trinajstić information content (AvgIpc) is 3.15. The molecule has 2 aromatic heterocycles. The van der Waals surface area contributed by atoms with Crippen LogP contribution in [0.5, 0.6) is 0 Å². The summed E-state index contributed by atoms with van der Waals surface area (Å²) in [4.78, 5) is 6.92. The molecule has 0 aromatic carbocycles. The topological polar surface area (TPSA) is 48.1 Å². The van der Waals surface area contributed by atoms with Gasteiger partial charge in [0.15, 0.2) is 0 Å². The summed E-state index contributed by atoms with van der Waals surface area (Å²) in [7, 11) is 5.81. The third kappa shape index (κ3) is 3.01. The first kappa shape index (κ1) is 14.3. The molecule has 0 unspecified atom stereocenters. The van der Waals surface area contributed by atoms with E-state index in [1.807, 2.05) is 44.5 Å². The van der Waals surface area contributed by atoms with Gasteiger partial charge in [-0.3, -0.25) is 9.58 Å². The second-order valence-electron chi connectivity index (χ2n) is 5.78. The lowest BCUT2D eigenvalue weighted by molar-refractivity contribution is 0.0630. The minimum absolute atomic E-state index is 0.283. The zero-order chi connectivity index (χ0) is 14.8. The molecule has 6 heteroatoms. The minimum Gasteiger partial charge on any atom is -0.380 e. The van der Waals surface area contributed by atoms with Crippen LogP contribution >= 0.6 is 0 Å². The van der Waals surface area contributed by atoms with E-state index in [4.69, 9.17) is 4.74 Å². The van der Waals surface area contributed by atoms with Gasteiger partial charge in [0.2, 0.25) is 0 Å². The second kappa shape index (κ2) is 5.99. The van der Waals surface area contributed by atoms with E-state index < -0.39 is 0 Å². The van der Waals surface area contributed by atoms with Crippen LogP contribution in [0.4, 0.5) is 0 Å². The Balaban J connectivity index is 1.74. The highest BCUT2D eigenvalue weighted by molar-refractivity contribution is 5.09. The first-order valence-electron chi connectivity index (χ1n) is 7.38. The standard InChI is InChI=1S/C15H23N5O/c1-18-7-5-16-15(18)11-20-6-4-14(21-3)13(20)8-12-9-17-19(2)10-12/h5,7,9-10,13-14H,4,6,8,11H2,1-3H3/t13-,14-/m1/s1. The fourth-order valence-corrected chi connectivity index (χ4v) is 3.17. The van der Waals surface area contributed by atoms with Gasteiger partial charge >= 0.3 is 0 Å². The van der Waals surface area contributed by atoms with Crippen LogP contribution in [0.3, 0.4) is 0 Å². The molecule has 2 aromatic rings. The van der Waals surface area contributed by atoms with Gasteiger partial charge in [0.1, 0.15) is 5.82 Å². The van der Waals surface area contributed by atoms with Crippen molar-refractivity contribution in [3.05, 3.63) is 36.2 Å². The number of hydrogen-bond acceptors (Lipinski definition) is 4. The molecular formula is C15H23N5O. The minimum atomic E-state index is 0.283. The molecule has 1 aliphatic rings. The largest absolute Gasteiger partial charge is 0.380 e. The molecule has 0 aliphatic carbocycles. The second-order valence-corrected chi connectivity index (χ2v) is 5.78. The number of methoxy groups -OCH3 is 1. The molecule has 0 amide bonds. The molecule has 21 heavy (non-hydrogen) atoms. The smallest absolute Gasteiger partial charge is 0.122 e. The lowest BCUT2D eigenvalue weighted by atomic mass is 10.0. The summed E-state index contributed by atoms with van der Waals surface area (Å²) >= 11 is 0. The molecule has 1 fully saturated rings. The highest BCUT2D eigenvalue weighted by Crippen LogP contribution is 2.25. The van der Waals surface area contributed by atoms with Crippen molar-refractivity contribution < 1.29 is 4.74 Å². The predicted molar refractivity (Wildman–Crippen MR) is 79.7 cm³/mol. The van der Waals surface area contributed by atoms with Crippen molar-refractivity contribution >= 4 is 0 Å². The Morgan fingerprint density at radius 1 is 1.38 bits per heavy atom. The van der Waals surface area contributed by atoms with Gasteiger partial charge in [-0.05, 0) is 18.4 Å². The molecule has 1 saturated heterocycles. The SMILES string of the molecule is CO[C@@H]1CCN(Cc2nccn2C)[C@@H]1Cc1cnn(C)c1. The maximum Gasteiger partial charge on any atom is 0.122 e. The fraction of sp³-hybridized carbons (Fsp3) is 0.600. The van der Waals surface area contributed by atoms with Crippen LogP contribution in [-0.2, 0) is 31.8 Å². The van der Waals surface area contributed by atoms with Gasteiger partial charge in [-0.15, -0.1) is 0 Å². The molecule has 1 aliphatic heterocycles. The summed E-state index contributed by atoms with van der Waals surface area (Å²) < 4.78 is 9.63. The molecule has 0 saturated carbocycles. The molecule has 0 radical (unpaired) electrons. The Labute approximate surface area is 125 Å². The fourth-order valence-electron chi connectivity index (χ4n) is 3.17. The molecule has 0 N–H and O–H groups in total. The van der Waals surface area contributed by atoms with Crippen LogP contribution in [0.25, 0.3) is 0 Å². The molecule has 0 bridgehead atoms. The Bertz CT molecular complexity index is 590. The third-order valence-electron chi connectivity index (χ3n) is 4.37. The molecule has 3 heterocycles. The van der Waals surface area contributed by atoms with Crippen molar-refractivity contribution in [2.45, 2.75) is 31.5 Å². The lowest BCUT2D eigenvalue weighted by Gasteiger charge is -2.27. The highest BCUT2D eigenvalue weighted by Gasteiger charge is 2.34. The summed E-state index contributed by atoms with van der Waals surface area (Å²) in [5.74, 6) is 1.10. The maximum absolute atomic E-state index is 5.69. The van der Waals surface area contributed by atoms with Gasteiger partial charge in [0, 0.05) is 52.4 Å². The molecule has 2 atom stereocenters. The van der Waals surface area contributed by atoms with Gasteiger partial charge in [-0.1, -0.05) is 0 Å². The molecule has 114 valence electrons. The Morgan fingerprint density at radius 3 is 2.86 bits per heavy atom. The summed E-state index contributed by atoms with van der Waals surface area (Å²) in [6.07, 6.45) is 10.2. The summed E-state index contributed by atoms with van der Waals surface area (Å²) in [6.45, 7) is 1.92. The maximum atomic E-state index is 5.69. The van der Waals surface area contributed by atoms with Crippen molar-refractivity contribution in [1.29, 1.82) is 0 Å². The Morgan fingerprint density at radius 2 is 2.24 bits per heavy atom. The quantitative estimate of drug-likeness (QED) is 0.823. The van der Waals surface area contributed by atoms with E-state index in [9.17, 15) is 0 Å². The van der Waals surface area contributed by atoms with Crippen LogP contribution in [0.2, 0.25) is 0 Å². The number of aromatic nitrogens is 4. The number of rotatable bonds is 5. The number of likely N-dealkylation sites (tertiary alicyclic amines) is 1. The van der Waals surface area contributed by atoms with Gasteiger partial charge in [0.25, 0.3) is 0 Å². The normalized spacial score (nSPS) is 23.0. The third-order valence-corrected chi connectivity index (χ3v) is 4.37. The number of imidazole rings is 1. The van der Waals surface area contributed by atoms with Crippen LogP contribution in [0, 0.1) is 0 Å². The predicted octanol–water partition coefficient (Wildman–Crippen LogP) is 0.986. The van der Waals surface area contributed by atoms with Crippen molar-refractivity contribution in [2.75, 3.05) is 13.7 Å². The van der Waals surface area contributed by atoms with E-state index in [2.05, 4.69) is 25.7 Å². The number of aryl methyl sites for hydroxylation is 2. The van der Waals surface area contributed by atoms with Crippen molar-refractivity contribution in [3.8, 4) is 0 Å². The number of nitrogens with zero attached hydrogens (tertiary/aromatic N) is 5. The van der Waals surface area contributed by atoms with Crippen molar-refractivity contribution in [3.63, 3.8) is 0 Å². The van der Waals surface area contributed by atoms with Gasteiger partial charge in [-0.2, -0.15) is 5.10 Å². The van der Waals surface area contributed by atoms with Gasteiger partial charge in [-0.25, -0.2) is 4.98 Å². The van der Waals surface area contributed by atoms with Crippen molar-refractivity contribution in [2.24, 2.45) is 14.1 Å².